The van der Waals surface area contributed by atoms with Crippen molar-refractivity contribution in [1.82, 2.24) is 9.71 Å². The number of aromatic nitrogens is 1. The molecule has 0 spiro atoms. The van der Waals surface area contributed by atoms with E-state index in [4.69, 9.17) is 4.74 Å². The number of ether oxygens (including phenoxy) is 1. The van der Waals surface area contributed by atoms with Crippen molar-refractivity contribution in [2.75, 3.05) is 25.5 Å². The van der Waals surface area contributed by atoms with Crippen molar-refractivity contribution >= 4 is 37.8 Å². The Morgan fingerprint density at radius 2 is 2.15 bits per heavy atom. The maximum atomic E-state index is 12.1. The lowest BCUT2D eigenvalue weighted by molar-refractivity contribution is 0.406. The molecule has 0 saturated heterocycles. The van der Waals surface area contributed by atoms with Gasteiger partial charge in [-0.3, -0.25) is 0 Å². The summed E-state index contributed by atoms with van der Waals surface area (Å²) in [7, 11) is -2.07. The summed E-state index contributed by atoms with van der Waals surface area (Å²) in [5.74, 6) is 0.367. The summed E-state index contributed by atoms with van der Waals surface area (Å²) >= 11 is 2.63. The fraction of sp³-hybridized carbons (Fsp3) is 0.364. The van der Waals surface area contributed by atoms with E-state index in [2.05, 4.69) is 15.0 Å². The number of nitrogens with zero attached hydrogens (tertiary/aromatic N) is 1. The average Bonchev–Trinajstić information content (AvgIpc) is 3.03. The summed E-state index contributed by atoms with van der Waals surface area (Å²) in [6, 6.07) is 1.63. The third-order valence-corrected chi connectivity index (χ3v) is 6.20. The molecular weight excluding hydrogens is 318 g/mol. The van der Waals surface area contributed by atoms with Crippen LogP contribution in [0.3, 0.4) is 0 Å². The molecule has 0 aliphatic carbocycles. The van der Waals surface area contributed by atoms with E-state index in [9.17, 15) is 8.42 Å². The monoisotopic (exact) mass is 333 g/mol. The van der Waals surface area contributed by atoms with Crippen LogP contribution < -0.4 is 14.8 Å². The number of thiophene rings is 1. The van der Waals surface area contributed by atoms with Crippen molar-refractivity contribution in [3.8, 4) is 5.75 Å². The van der Waals surface area contributed by atoms with E-state index < -0.39 is 10.0 Å². The van der Waals surface area contributed by atoms with Crippen molar-refractivity contribution in [2.45, 2.75) is 11.1 Å². The second-order valence-corrected chi connectivity index (χ2v) is 7.63. The van der Waals surface area contributed by atoms with Gasteiger partial charge in [0.15, 0.2) is 9.34 Å². The quantitative estimate of drug-likeness (QED) is 0.757. The zero-order valence-corrected chi connectivity index (χ0v) is 13.5. The molecule has 0 radical (unpaired) electrons. The van der Waals surface area contributed by atoms with Crippen LogP contribution in [0.2, 0.25) is 0 Å². The van der Waals surface area contributed by atoms with Crippen LogP contribution in [0.1, 0.15) is 5.69 Å². The first-order chi connectivity index (χ1) is 9.53. The van der Waals surface area contributed by atoms with Gasteiger partial charge < -0.3 is 10.1 Å². The van der Waals surface area contributed by atoms with Gasteiger partial charge >= 0.3 is 0 Å². The van der Waals surface area contributed by atoms with Crippen LogP contribution in [-0.4, -0.2) is 33.6 Å². The molecule has 9 heteroatoms. The van der Waals surface area contributed by atoms with Gasteiger partial charge in [0, 0.05) is 18.5 Å². The standard InChI is InChI=1S/C11H15N3O3S3/c1-8-7-19-11(14-8)12-4-5-13-20(15,16)10-9(17-2)3-6-18-10/h3,6-7,13H,4-5H2,1-2H3,(H,12,14). The molecule has 0 saturated carbocycles. The van der Waals surface area contributed by atoms with Crippen molar-refractivity contribution in [1.29, 1.82) is 0 Å². The van der Waals surface area contributed by atoms with Gasteiger partial charge in [-0.25, -0.2) is 18.1 Å². The van der Waals surface area contributed by atoms with Crippen LogP contribution in [-0.2, 0) is 10.0 Å². The van der Waals surface area contributed by atoms with E-state index in [1.54, 1.807) is 11.4 Å². The minimum absolute atomic E-state index is 0.199. The van der Waals surface area contributed by atoms with Crippen LogP contribution in [0.4, 0.5) is 5.13 Å². The molecule has 6 nitrogen and oxygen atoms in total. The molecule has 0 aliphatic heterocycles. The van der Waals surface area contributed by atoms with E-state index in [1.807, 2.05) is 12.3 Å². The molecule has 0 amide bonds. The fourth-order valence-corrected chi connectivity index (χ4v) is 4.55. The third-order valence-electron chi connectivity index (χ3n) is 2.37. The fourth-order valence-electron chi connectivity index (χ4n) is 1.49. The molecule has 0 aliphatic rings. The van der Waals surface area contributed by atoms with Crippen molar-refractivity contribution in [2.24, 2.45) is 0 Å². The minimum Gasteiger partial charge on any atom is -0.494 e. The number of methoxy groups -OCH3 is 1. The van der Waals surface area contributed by atoms with Crippen molar-refractivity contribution < 1.29 is 13.2 Å². The SMILES string of the molecule is COc1ccsc1S(=O)(=O)NCCNc1nc(C)cs1. The summed E-state index contributed by atoms with van der Waals surface area (Å²) in [4.78, 5) is 4.23. The third kappa shape index (κ3) is 3.69. The first-order valence-corrected chi connectivity index (χ1v) is 9.04. The molecule has 0 unspecified atom stereocenters. The van der Waals surface area contributed by atoms with E-state index >= 15 is 0 Å². The van der Waals surface area contributed by atoms with Gasteiger partial charge in [-0.1, -0.05) is 0 Å². The molecule has 2 rings (SSSR count). The maximum absolute atomic E-state index is 12.1. The van der Waals surface area contributed by atoms with Crippen LogP contribution in [0.5, 0.6) is 5.75 Å². The topological polar surface area (TPSA) is 80.3 Å². The molecule has 2 N–H and O–H groups in total. The number of nitrogens with one attached hydrogen (secondary N) is 2. The Kier molecular flexibility index (Phi) is 4.97. The highest BCUT2D eigenvalue weighted by Crippen LogP contribution is 2.28. The molecule has 110 valence electrons. The molecule has 2 aromatic heterocycles. The van der Waals surface area contributed by atoms with Gasteiger partial charge in [0.25, 0.3) is 10.0 Å². The number of thiazole rings is 1. The normalized spacial score (nSPS) is 11.5. The Labute approximate surface area is 125 Å². The minimum atomic E-state index is -3.52. The van der Waals surface area contributed by atoms with Crippen molar-refractivity contribution in [3.63, 3.8) is 0 Å². The summed E-state index contributed by atoms with van der Waals surface area (Å²) in [6.45, 7) is 2.66. The molecule has 0 atom stereocenters. The first kappa shape index (κ1) is 15.2. The smallest absolute Gasteiger partial charge is 0.253 e. The first-order valence-electron chi connectivity index (χ1n) is 5.80. The van der Waals surface area contributed by atoms with Crippen molar-refractivity contribution in [3.05, 3.63) is 22.5 Å². The highest BCUT2D eigenvalue weighted by Gasteiger charge is 2.20. The van der Waals surface area contributed by atoms with Crippen LogP contribution in [0.15, 0.2) is 21.0 Å². The highest BCUT2D eigenvalue weighted by atomic mass is 32.2. The molecule has 2 aromatic rings. The lowest BCUT2D eigenvalue weighted by Crippen LogP contribution is -2.28. The summed E-state index contributed by atoms with van der Waals surface area (Å²) in [5.41, 5.74) is 0.946. The van der Waals surface area contributed by atoms with Gasteiger partial charge in [-0.2, -0.15) is 0 Å². The van der Waals surface area contributed by atoms with Crippen LogP contribution in [0.25, 0.3) is 0 Å². The van der Waals surface area contributed by atoms with E-state index in [0.717, 1.165) is 22.2 Å². The molecule has 20 heavy (non-hydrogen) atoms. The number of anilines is 1. The molecule has 0 fully saturated rings. The lowest BCUT2D eigenvalue weighted by atomic mass is 10.6. The van der Waals surface area contributed by atoms with Gasteiger partial charge in [0.1, 0.15) is 5.75 Å². The predicted octanol–water partition coefficient (Wildman–Crippen LogP) is 1.91. The Morgan fingerprint density at radius 3 is 2.80 bits per heavy atom. The Balaban J connectivity index is 1.87. The van der Waals surface area contributed by atoms with E-state index in [1.165, 1.54) is 18.4 Å². The second kappa shape index (κ2) is 6.53. The Bertz CT molecular complexity index is 663. The average molecular weight is 333 g/mol. The summed E-state index contributed by atoms with van der Waals surface area (Å²) in [5, 5.41) is 7.47. The van der Waals surface area contributed by atoms with Crippen LogP contribution >= 0.6 is 22.7 Å². The van der Waals surface area contributed by atoms with Gasteiger partial charge in [0.2, 0.25) is 0 Å². The van der Waals surface area contributed by atoms with Gasteiger partial charge in [-0.05, 0) is 18.4 Å². The summed E-state index contributed by atoms with van der Waals surface area (Å²) in [6.07, 6.45) is 0. The zero-order valence-electron chi connectivity index (χ0n) is 11.0. The highest BCUT2D eigenvalue weighted by molar-refractivity contribution is 7.91. The second-order valence-electron chi connectivity index (χ2n) is 3.90. The van der Waals surface area contributed by atoms with Gasteiger partial charge in [0.05, 0.1) is 12.8 Å². The molecule has 0 bridgehead atoms. The largest absolute Gasteiger partial charge is 0.494 e. The zero-order chi connectivity index (χ0) is 14.6. The molecular formula is C11H15N3O3S3. The lowest BCUT2D eigenvalue weighted by Gasteiger charge is -2.07. The number of rotatable bonds is 7. The number of hydrogen-bond acceptors (Lipinski definition) is 7. The van der Waals surface area contributed by atoms with E-state index in [0.29, 0.717) is 12.3 Å². The van der Waals surface area contributed by atoms with Gasteiger partial charge in [-0.15, -0.1) is 22.7 Å². The Morgan fingerprint density at radius 1 is 1.35 bits per heavy atom. The number of aryl methyl sites for hydroxylation is 1. The number of hydrogen-bond donors (Lipinski definition) is 2. The van der Waals surface area contributed by atoms with E-state index in [-0.39, 0.29) is 10.8 Å². The number of sulfonamides is 1. The predicted molar refractivity (Wildman–Crippen MR) is 81.4 cm³/mol. The molecule has 2 heterocycles. The maximum Gasteiger partial charge on any atom is 0.253 e. The Hall–Kier alpha value is -1.16. The molecule has 0 aromatic carbocycles. The van der Waals surface area contributed by atoms with Crippen LogP contribution in [0, 0.1) is 6.92 Å². The summed E-state index contributed by atoms with van der Waals surface area (Å²) < 4.78 is 31.9.